The largest absolute Gasteiger partial charge is 0.360 e. The fourth-order valence-corrected chi connectivity index (χ4v) is 1.50. The van der Waals surface area contributed by atoms with Crippen LogP contribution in [0.2, 0.25) is 5.02 Å². The predicted octanol–water partition coefficient (Wildman–Crippen LogP) is 1.70. The second kappa shape index (κ2) is 5.63. The van der Waals surface area contributed by atoms with Crippen LogP contribution in [0.5, 0.6) is 0 Å². The van der Waals surface area contributed by atoms with Crippen molar-refractivity contribution in [1.82, 2.24) is 20.6 Å². The number of rotatable bonds is 3. The van der Waals surface area contributed by atoms with Crippen LogP contribution in [0, 0.1) is 22.7 Å². The van der Waals surface area contributed by atoms with Crippen LogP contribution >= 0.6 is 11.6 Å². The molecule has 0 spiro atoms. The lowest BCUT2D eigenvalue weighted by Crippen LogP contribution is -1.93. The zero-order valence-electron chi connectivity index (χ0n) is 9.42. The summed E-state index contributed by atoms with van der Waals surface area (Å²) >= 11 is 5.89. The third-order valence-electron chi connectivity index (χ3n) is 2.18. The van der Waals surface area contributed by atoms with Crippen molar-refractivity contribution in [3.05, 3.63) is 40.8 Å². The fraction of sp³-hybridized carbons (Fsp3) is 0. The average Bonchev–Trinajstić information content (AvgIpc) is 2.94. The summed E-state index contributed by atoms with van der Waals surface area (Å²) in [5.74, 6) is 0.190. The van der Waals surface area contributed by atoms with Gasteiger partial charge in [-0.25, -0.2) is 0 Å². The first-order chi connectivity index (χ1) is 9.24. The van der Waals surface area contributed by atoms with Crippen molar-refractivity contribution < 1.29 is 0 Å². The van der Waals surface area contributed by atoms with E-state index < -0.39 is 0 Å². The molecular weight excluding hydrogens is 266 g/mol. The Kier molecular flexibility index (Phi) is 3.72. The number of anilines is 1. The molecule has 0 amide bonds. The molecular formula is C11H6ClN7. The van der Waals surface area contributed by atoms with Gasteiger partial charge in [-0.05, 0) is 23.4 Å². The van der Waals surface area contributed by atoms with Crippen LogP contribution < -0.4 is 5.32 Å². The van der Waals surface area contributed by atoms with E-state index in [9.17, 15) is 0 Å². The molecule has 2 aromatic rings. The second-order valence-corrected chi connectivity index (χ2v) is 3.76. The summed E-state index contributed by atoms with van der Waals surface area (Å²) in [6, 6.07) is 8.74. The Morgan fingerprint density at radius 3 is 2.84 bits per heavy atom. The predicted molar refractivity (Wildman–Crippen MR) is 67.6 cm³/mol. The molecule has 0 aliphatic heterocycles. The average molecular weight is 272 g/mol. The zero-order valence-corrected chi connectivity index (χ0v) is 10.2. The Morgan fingerprint density at radius 2 is 2.26 bits per heavy atom. The number of nitrogens with zero attached hydrogens (tertiary/aromatic N) is 5. The third kappa shape index (κ3) is 2.86. The molecule has 0 saturated heterocycles. The Bertz CT molecular complexity index is 691. The third-order valence-corrected chi connectivity index (χ3v) is 2.49. The number of allylic oxidation sites excluding steroid dienone is 1. The summed E-state index contributed by atoms with van der Waals surface area (Å²) in [5.41, 5.74) is 1.24. The topological polar surface area (TPSA) is 114 Å². The smallest absolute Gasteiger partial charge is 0.216 e. The Labute approximate surface area is 113 Å². The molecule has 1 aromatic carbocycles. The Hall–Kier alpha value is -2.90. The van der Waals surface area contributed by atoms with Crippen molar-refractivity contribution in [2.24, 2.45) is 0 Å². The van der Waals surface area contributed by atoms with E-state index in [-0.39, 0.29) is 11.4 Å². The van der Waals surface area contributed by atoms with Crippen molar-refractivity contribution in [1.29, 1.82) is 10.5 Å². The van der Waals surface area contributed by atoms with Crippen LogP contribution in [0.15, 0.2) is 24.4 Å². The maximum Gasteiger partial charge on any atom is 0.216 e. The highest BCUT2D eigenvalue weighted by atomic mass is 35.5. The zero-order chi connectivity index (χ0) is 13.7. The standard InChI is InChI=1S/C11H6ClN7/c12-10-3-9(2-1-7(10)4-13)15-6-8(5-14)11-16-18-19-17-11/h1-3,6,15H,(H,16,17,18,19). The second-order valence-electron chi connectivity index (χ2n) is 3.36. The molecule has 19 heavy (non-hydrogen) atoms. The van der Waals surface area contributed by atoms with Gasteiger partial charge in [-0.2, -0.15) is 15.7 Å². The van der Waals surface area contributed by atoms with Gasteiger partial charge in [0.25, 0.3) is 0 Å². The van der Waals surface area contributed by atoms with Crippen LogP contribution in [0.25, 0.3) is 5.57 Å². The number of benzene rings is 1. The van der Waals surface area contributed by atoms with E-state index in [1.165, 1.54) is 6.20 Å². The van der Waals surface area contributed by atoms with E-state index in [2.05, 4.69) is 25.9 Å². The van der Waals surface area contributed by atoms with Gasteiger partial charge in [0.1, 0.15) is 17.7 Å². The number of hydrogen-bond donors (Lipinski definition) is 2. The number of aromatic nitrogens is 4. The Morgan fingerprint density at radius 1 is 1.42 bits per heavy atom. The Balaban J connectivity index is 2.20. The van der Waals surface area contributed by atoms with E-state index >= 15 is 0 Å². The number of aromatic amines is 1. The molecule has 0 aliphatic rings. The molecule has 0 bridgehead atoms. The van der Waals surface area contributed by atoms with E-state index in [4.69, 9.17) is 22.1 Å². The lowest BCUT2D eigenvalue weighted by Gasteiger charge is -2.02. The summed E-state index contributed by atoms with van der Waals surface area (Å²) in [5, 5.41) is 33.9. The maximum atomic E-state index is 8.96. The number of hydrogen-bond acceptors (Lipinski definition) is 6. The molecule has 1 aromatic heterocycles. The number of nitrogens with one attached hydrogen (secondary N) is 2. The lowest BCUT2D eigenvalue weighted by atomic mass is 10.2. The van der Waals surface area contributed by atoms with E-state index in [0.717, 1.165) is 0 Å². The number of tetrazole rings is 1. The highest BCUT2D eigenvalue weighted by Crippen LogP contribution is 2.20. The molecule has 0 atom stereocenters. The molecule has 8 heteroatoms. The van der Waals surface area contributed by atoms with Gasteiger partial charge in [-0.1, -0.05) is 11.6 Å². The molecule has 92 valence electrons. The first-order valence-corrected chi connectivity index (χ1v) is 5.42. The first-order valence-electron chi connectivity index (χ1n) is 5.05. The van der Waals surface area contributed by atoms with Gasteiger partial charge >= 0.3 is 0 Å². The minimum Gasteiger partial charge on any atom is -0.360 e. The van der Waals surface area contributed by atoms with Crippen LogP contribution in [0.3, 0.4) is 0 Å². The molecule has 1 heterocycles. The minimum absolute atomic E-state index is 0.190. The van der Waals surface area contributed by atoms with Crippen LogP contribution in [0.4, 0.5) is 5.69 Å². The SMILES string of the molecule is N#CC(=CNc1ccc(C#N)c(Cl)c1)c1nn[nH]n1. The summed E-state index contributed by atoms with van der Waals surface area (Å²) in [4.78, 5) is 0. The molecule has 0 aliphatic carbocycles. The van der Waals surface area contributed by atoms with Crippen molar-refractivity contribution in [3.63, 3.8) is 0 Å². The van der Waals surface area contributed by atoms with Crippen molar-refractivity contribution in [2.45, 2.75) is 0 Å². The number of nitriles is 2. The van der Waals surface area contributed by atoms with Gasteiger partial charge in [-0.3, -0.25) is 0 Å². The molecule has 0 radical (unpaired) electrons. The minimum atomic E-state index is 0.190. The van der Waals surface area contributed by atoms with E-state index in [1.54, 1.807) is 18.2 Å². The van der Waals surface area contributed by atoms with E-state index in [0.29, 0.717) is 16.3 Å². The summed E-state index contributed by atoms with van der Waals surface area (Å²) < 4.78 is 0. The molecule has 7 nitrogen and oxygen atoms in total. The number of halogens is 1. The fourth-order valence-electron chi connectivity index (χ4n) is 1.27. The van der Waals surface area contributed by atoms with Crippen molar-refractivity contribution >= 4 is 22.9 Å². The normalized spacial score (nSPS) is 10.6. The molecule has 2 N–H and O–H groups in total. The summed E-state index contributed by atoms with van der Waals surface area (Å²) in [6.45, 7) is 0. The van der Waals surface area contributed by atoms with Crippen molar-refractivity contribution in [2.75, 3.05) is 5.32 Å². The van der Waals surface area contributed by atoms with Crippen LogP contribution in [0.1, 0.15) is 11.4 Å². The summed E-state index contributed by atoms with van der Waals surface area (Å²) in [6.07, 6.45) is 1.43. The van der Waals surface area contributed by atoms with Gasteiger partial charge in [0.15, 0.2) is 0 Å². The van der Waals surface area contributed by atoms with E-state index in [1.807, 2.05) is 12.1 Å². The van der Waals surface area contributed by atoms with Gasteiger partial charge in [0.05, 0.1) is 10.6 Å². The maximum absolute atomic E-state index is 8.96. The highest BCUT2D eigenvalue weighted by molar-refractivity contribution is 6.32. The van der Waals surface area contributed by atoms with Gasteiger partial charge in [0.2, 0.25) is 5.82 Å². The lowest BCUT2D eigenvalue weighted by molar-refractivity contribution is 0.881. The number of H-pyrrole nitrogens is 1. The molecule has 0 unspecified atom stereocenters. The van der Waals surface area contributed by atoms with Gasteiger partial charge < -0.3 is 5.32 Å². The molecule has 0 saturated carbocycles. The van der Waals surface area contributed by atoms with Crippen LogP contribution in [-0.4, -0.2) is 20.6 Å². The summed E-state index contributed by atoms with van der Waals surface area (Å²) in [7, 11) is 0. The monoisotopic (exact) mass is 271 g/mol. The van der Waals surface area contributed by atoms with Gasteiger partial charge in [-0.15, -0.1) is 10.2 Å². The van der Waals surface area contributed by atoms with Crippen molar-refractivity contribution in [3.8, 4) is 12.1 Å². The quantitative estimate of drug-likeness (QED) is 0.821. The highest BCUT2D eigenvalue weighted by Gasteiger charge is 2.05. The van der Waals surface area contributed by atoms with Gasteiger partial charge in [0, 0.05) is 11.9 Å². The molecule has 2 rings (SSSR count). The molecule has 0 fully saturated rings. The first kappa shape index (κ1) is 12.6. The van der Waals surface area contributed by atoms with Crippen LogP contribution in [-0.2, 0) is 0 Å².